The third-order valence-electron chi connectivity index (χ3n) is 4.11. The molecule has 2 rings (SSSR count). The van der Waals surface area contributed by atoms with Gasteiger partial charge in [-0.25, -0.2) is 0 Å². The number of carbonyl (C=O) groups is 1. The van der Waals surface area contributed by atoms with Crippen LogP contribution in [0.25, 0.3) is 0 Å². The van der Waals surface area contributed by atoms with E-state index in [0.717, 1.165) is 31.2 Å². The summed E-state index contributed by atoms with van der Waals surface area (Å²) < 4.78 is 0. The fraction of sp³-hybridized carbons (Fsp3) is 0.471. The standard InChI is InChI=1S/C17H20Cl2O/c1-2-3-8-14(17(20)12-6-4-5-7-12)13-9-10-15(18)16(19)11-13/h2,9-12,14H,1,3-8H2. The molecule has 0 amide bonds. The second kappa shape index (κ2) is 7.28. The van der Waals surface area contributed by atoms with E-state index in [1.165, 1.54) is 12.8 Å². The van der Waals surface area contributed by atoms with Crippen LogP contribution in [-0.4, -0.2) is 5.78 Å². The molecule has 0 bridgehead atoms. The molecule has 3 heteroatoms. The molecule has 1 aromatic rings. The highest BCUT2D eigenvalue weighted by atomic mass is 35.5. The first-order valence-electron chi connectivity index (χ1n) is 7.23. The second-order valence-corrected chi connectivity index (χ2v) is 6.29. The van der Waals surface area contributed by atoms with Gasteiger partial charge >= 0.3 is 0 Å². The summed E-state index contributed by atoms with van der Waals surface area (Å²) in [5, 5.41) is 1.05. The van der Waals surface area contributed by atoms with Crippen molar-refractivity contribution in [3.8, 4) is 0 Å². The van der Waals surface area contributed by atoms with Gasteiger partial charge in [0.1, 0.15) is 5.78 Å². The lowest BCUT2D eigenvalue weighted by Gasteiger charge is -2.20. The Hall–Kier alpha value is -0.790. The average molecular weight is 311 g/mol. The van der Waals surface area contributed by atoms with Crippen LogP contribution in [0.5, 0.6) is 0 Å². The van der Waals surface area contributed by atoms with E-state index in [2.05, 4.69) is 6.58 Å². The Labute approximate surface area is 131 Å². The Morgan fingerprint density at radius 3 is 2.60 bits per heavy atom. The van der Waals surface area contributed by atoms with E-state index in [4.69, 9.17) is 23.2 Å². The van der Waals surface area contributed by atoms with Gasteiger partial charge in [0.05, 0.1) is 10.0 Å². The van der Waals surface area contributed by atoms with E-state index in [1.807, 2.05) is 18.2 Å². The molecule has 1 aromatic carbocycles. The van der Waals surface area contributed by atoms with Gasteiger partial charge in [0.15, 0.2) is 0 Å². The molecule has 0 N–H and O–H groups in total. The Morgan fingerprint density at radius 1 is 1.30 bits per heavy atom. The van der Waals surface area contributed by atoms with Gasteiger partial charge in [-0.1, -0.05) is 48.2 Å². The normalized spacial score (nSPS) is 17.1. The monoisotopic (exact) mass is 310 g/mol. The van der Waals surface area contributed by atoms with Crippen LogP contribution in [0.15, 0.2) is 30.9 Å². The fourth-order valence-corrected chi connectivity index (χ4v) is 3.29. The molecule has 0 radical (unpaired) electrons. The molecule has 1 atom stereocenters. The topological polar surface area (TPSA) is 17.1 Å². The zero-order valence-corrected chi connectivity index (χ0v) is 13.1. The summed E-state index contributed by atoms with van der Waals surface area (Å²) in [4.78, 5) is 12.7. The van der Waals surface area contributed by atoms with Gasteiger partial charge < -0.3 is 0 Å². The largest absolute Gasteiger partial charge is 0.299 e. The van der Waals surface area contributed by atoms with Crippen molar-refractivity contribution in [2.24, 2.45) is 5.92 Å². The highest BCUT2D eigenvalue weighted by Crippen LogP contribution is 2.35. The molecule has 1 nitrogen and oxygen atoms in total. The van der Waals surface area contributed by atoms with Crippen LogP contribution in [0.2, 0.25) is 10.0 Å². The summed E-state index contributed by atoms with van der Waals surface area (Å²) in [6, 6.07) is 5.54. The minimum absolute atomic E-state index is 0.0779. The quantitative estimate of drug-likeness (QED) is 0.607. The lowest BCUT2D eigenvalue weighted by molar-refractivity contribution is -0.124. The first-order valence-corrected chi connectivity index (χ1v) is 7.98. The van der Waals surface area contributed by atoms with Crippen molar-refractivity contribution in [2.75, 3.05) is 0 Å². The van der Waals surface area contributed by atoms with Crippen LogP contribution in [0.3, 0.4) is 0 Å². The molecule has 0 aliphatic heterocycles. The van der Waals surface area contributed by atoms with Crippen LogP contribution in [0.4, 0.5) is 0 Å². The van der Waals surface area contributed by atoms with E-state index in [-0.39, 0.29) is 11.8 Å². The molecule has 1 aliphatic rings. The minimum Gasteiger partial charge on any atom is -0.299 e. The number of hydrogen-bond donors (Lipinski definition) is 0. The molecule has 1 saturated carbocycles. The zero-order chi connectivity index (χ0) is 14.5. The Kier molecular flexibility index (Phi) is 5.68. The van der Waals surface area contributed by atoms with Crippen LogP contribution in [0, 0.1) is 5.92 Å². The first kappa shape index (κ1) is 15.6. The maximum atomic E-state index is 12.7. The van der Waals surface area contributed by atoms with Crippen LogP contribution < -0.4 is 0 Å². The number of Topliss-reactive ketones (excluding diaryl/α,β-unsaturated/α-hetero) is 1. The molecular formula is C17H20Cl2O. The number of hydrogen-bond acceptors (Lipinski definition) is 1. The van der Waals surface area contributed by atoms with E-state index >= 15 is 0 Å². The fourth-order valence-electron chi connectivity index (χ4n) is 2.98. The number of benzene rings is 1. The van der Waals surface area contributed by atoms with Crippen molar-refractivity contribution in [1.29, 1.82) is 0 Å². The average Bonchev–Trinajstić information content (AvgIpc) is 2.97. The highest BCUT2D eigenvalue weighted by molar-refractivity contribution is 6.42. The first-order chi connectivity index (χ1) is 9.63. The van der Waals surface area contributed by atoms with Crippen molar-refractivity contribution in [3.63, 3.8) is 0 Å². The van der Waals surface area contributed by atoms with Crippen LogP contribution >= 0.6 is 23.2 Å². The second-order valence-electron chi connectivity index (χ2n) is 5.48. The van der Waals surface area contributed by atoms with Crippen molar-refractivity contribution >= 4 is 29.0 Å². The lowest BCUT2D eigenvalue weighted by Crippen LogP contribution is -2.20. The molecule has 0 spiro atoms. The lowest BCUT2D eigenvalue weighted by atomic mass is 9.83. The van der Waals surface area contributed by atoms with Crippen molar-refractivity contribution < 1.29 is 4.79 Å². The Morgan fingerprint density at radius 2 is 2.00 bits per heavy atom. The molecule has 0 aromatic heterocycles. The van der Waals surface area contributed by atoms with Gasteiger partial charge in [0.25, 0.3) is 0 Å². The third-order valence-corrected chi connectivity index (χ3v) is 4.85. The minimum atomic E-state index is -0.0779. The summed E-state index contributed by atoms with van der Waals surface area (Å²) >= 11 is 12.1. The summed E-state index contributed by atoms with van der Waals surface area (Å²) in [5.74, 6) is 0.507. The molecule has 20 heavy (non-hydrogen) atoms. The van der Waals surface area contributed by atoms with Gasteiger partial charge in [0.2, 0.25) is 0 Å². The van der Waals surface area contributed by atoms with Crippen molar-refractivity contribution in [2.45, 2.75) is 44.4 Å². The third kappa shape index (κ3) is 3.65. The predicted octanol–water partition coefficient (Wildman–Crippen LogP) is 5.80. The summed E-state index contributed by atoms with van der Waals surface area (Å²) in [7, 11) is 0. The van der Waals surface area contributed by atoms with Crippen molar-refractivity contribution in [1.82, 2.24) is 0 Å². The molecule has 108 valence electrons. The maximum absolute atomic E-state index is 12.7. The smallest absolute Gasteiger partial charge is 0.143 e. The molecule has 1 unspecified atom stereocenters. The summed E-state index contributed by atoms with van der Waals surface area (Å²) in [5.41, 5.74) is 0.984. The number of allylic oxidation sites excluding steroid dienone is 1. The van der Waals surface area contributed by atoms with E-state index in [9.17, 15) is 4.79 Å². The van der Waals surface area contributed by atoms with E-state index in [1.54, 1.807) is 6.07 Å². The van der Waals surface area contributed by atoms with Crippen LogP contribution in [-0.2, 0) is 4.79 Å². The summed E-state index contributed by atoms with van der Waals surface area (Å²) in [6.07, 6.45) is 7.92. The highest BCUT2D eigenvalue weighted by Gasteiger charge is 2.30. The van der Waals surface area contributed by atoms with Gasteiger partial charge in [0, 0.05) is 11.8 Å². The van der Waals surface area contributed by atoms with E-state index < -0.39 is 0 Å². The summed E-state index contributed by atoms with van der Waals surface area (Å²) in [6.45, 7) is 3.76. The zero-order valence-electron chi connectivity index (χ0n) is 11.6. The SMILES string of the molecule is C=CCCC(C(=O)C1CCCC1)c1ccc(Cl)c(Cl)c1. The molecule has 1 aliphatic carbocycles. The Balaban J connectivity index is 2.23. The predicted molar refractivity (Wildman–Crippen MR) is 85.6 cm³/mol. The van der Waals surface area contributed by atoms with Gasteiger partial charge in [-0.3, -0.25) is 4.79 Å². The number of carbonyl (C=O) groups excluding carboxylic acids is 1. The number of rotatable bonds is 6. The molecule has 0 saturated heterocycles. The van der Waals surface area contributed by atoms with Crippen LogP contribution in [0.1, 0.15) is 50.0 Å². The van der Waals surface area contributed by atoms with Gasteiger partial charge in [-0.2, -0.15) is 0 Å². The van der Waals surface area contributed by atoms with Gasteiger partial charge in [-0.05, 0) is 43.4 Å². The molecular weight excluding hydrogens is 291 g/mol. The van der Waals surface area contributed by atoms with Gasteiger partial charge in [-0.15, -0.1) is 6.58 Å². The number of ketones is 1. The number of halogens is 2. The van der Waals surface area contributed by atoms with Crippen molar-refractivity contribution in [3.05, 3.63) is 46.5 Å². The maximum Gasteiger partial charge on any atom is 0.143 e. The van der Waals surface area contributed by atoms with E-state index in [0.29, 0.717) is 15.8 Å². The Bertz CT molecular complexity index is 490. The molecule has 1 fully saturated rings. The molecule has 0 heterocycles.